The van der Waals surface area contributed by atoms with Crippen LogP contribution in [0.2, 0.25) is 0 Å². The van der Waals surface area contributed by atoms with Crippen LogP contribution in [0.3, 0.4) is 0 Å². The van der Waals surface area contributed by atoms with E-state index in [-0.39, 0.29) is 24.7 Å². The topological polar surface area (TPSA) is 52.9 Å². The van der Waals surface area contributed by atoms with Crippen molar-refractivity contribution in [2.45, 2.75) is 38.3 Å². The lowest BCUT2D eigenvalue weighted by Gasteiger charge is -2.28. The van der Waals surface area contributed by atoms with E-state index in [9.17, 15) is 36.6 Å². The molecule has 2 atom stereocenters. The SMILES string of the molecule is C[C@@H](O)CN(CC(O)OCc1cc(C(F)(F)F)cc(C(F)(F)F)c1)c1ccccc1. The third kappa shape index (κ3) is 7.19. The zero-order valence-electron chi connectivity index (χ0n) is 15.9. The molecule has 0 radical (unpaired) electrons. The van der Waals surface area contributed by atoms with Gasteiger partial charge in [-0.25, -0.2) is 0 Å². The molecule has 2 rings (SSSR count). The van der Waals surface area contributed by atoms with Gasteiger partial charge in [0, 0.05) is 12.2 Å². The Morgan fingerprint density at radius 3 is 1.87 bits per heavy atom. The van der Waals surface area contributed by atoms with E-state index in [1.807, 2.05) is 0 Å². The maximum Gasteiger partial charge on any atom is 0.416 e. The molecule has 0 saturated heterocycles. The number of alkyl halides is 6. The number of aliphatic hydroxyl groups is 2. The van der Waals surface area contributed by atoms with Gasteiger partial charge in [0.15, 0.2) is 6.29 Å². The number of nitrogens with zero attached hydrogens (tertiary/aromatic N) is 1. The lowest BCUT2D eigenvalue weighted by atomic mass is 10.1. The first-order chi connectivity index (χ1) is 13.9. The van der Waals surface area contributed by atoms with Crippen LogP contribution < -0.4 is 4.90 Å². The average molecular weight is 437 g/mol. The zero-order chi connectivity index (χ0) is 22.5. The number of ether oxygens (including phenoxy) is 1. The molecule has 0 aliphatic heterocycles. The highest BCUT2D eigenvalue weighted by Gasteiger charge is 2.36. The second kappa shape index (κ2) is 9.67. The molecule has 0 aromatic heterocycles. The summed E-state index contributed by atoms with van der Waals surface area (Å²) >= 11 is 0. The quantitative estimate of drug-likeness (QED) is 0.474. The zero-order valence-corrected chi connectivity index (χ0v) is 15.9. The van der Waals surface area contributed by atoms with Gasteiger partial charge in [-0.3, -0.25) is 0 Å². The lowest BCUT2D eigenvalue weighted by Crippen LogP contribution is -2.38. The number of halogens is 6. The summed E-state index contributed by atoms with van der Waals surface area (Å²) in [7, 11) is 0. The predicted molar refractivity (Wildman–Crippen MR) is 97.6 cm³/mol. The summed E-state index contributed by atoms with van der Waals surface area (Å²) in [6.45, 7) is 0.849. The Morgan fingerprint density at radius 1 is 0.867 bits per heavy atom. The highest BCUT2D eigenvalue weighted by molar-refractivity contribution is 5.46. The van der Waals surface area contributed by atoms with E-state index < -0.39 is 42.5 Å². The predicted octanol–water partition coefficient (Wildman–Crippen LogP) is 4.45. The molecule has 166 valence electrons. The molecule has 0 fully saturated rings. The summed E-state index contributed by atoms with van der Waals surface area (Å²) in [6.07, 6.45) is -12.2. The van der Waals surface area contributed by atoms with Crippen LogP contribution in [0, 0.1) is 0 Å². The Kier molecular flexibility index (Phi) is 7.73. The minimum absolute atomic E-state index is 0.0275. The Labute approximate surface area is 169 Å². The van der Waals surface area contributed by atoms with E-state index >= 15 is 0 Å². The molecular weight excluding hydrogens is 416 g/mol. The van der Waals surface area contributed by atoms with Crippen LogP contribution in [0.15, 0.2) is 48.5 Å². The number of hydrogen-bond acceptors (Lipinski definition) is 4. The summed E-state index contributed by atoms with van der Waals surface area (Å²) in [5, 5.41) is 19.8. The van der Waals surface area contributed by atoms with Crippen molar-refractivity contribution in [1.29, 1.82) is 0 Å². The van der Waals surface area contributed by atoms with Crippen molar-refractivity contribution in [3.63, 3.8) is 0 Å². The summed E-state index contributed by atoms with van der Waals surface area (Å²) in [4.78, 5) is 1.59. The summed E-state index contributed by atoms with van der Waals surface area (Å²) in [5.41, 5.74) is -2.63. The van der Waals surface area contributed by atoms with Crippen LogP contribution in [0.4, 0.5) is 32.0 Å². The fourth-order valence-corrected chi connectivity index (χ4v) is 2.78. The Hall–Kier alpha value is -2.30. The third-order valence-electron chi connectivity index (χ3n) is 4.07. The minimum Gasteiger partial charge on any atom is -0.392 e. The molecule has 0 bridgehead atoms. The molecule has 2 aromatic carbocycles. The summed E-state index contributed by atoms with van der Waals surface area (Å²) in [5.74, 6) is 0. The fraction of sp³-hybridized carbons (Fsp3) is 0.400. The second-order valence-corrected chi connectivity index (χ2v) is 6.77. The van der Waals surface area contributed by atoms with Crippen LogP contribution >= 0.6 is 0 Å². The van der Waals surface area contributed by atoms with Gasteiger partial charge in [0.2, 0.25) is 0 Å². The van der Waals surface area contributed by atoms with Gasteiger partial charge in [-0.05, 0) is 42.8 Å². The Morgan fingerprint density at radius 2 is 1.40 bits per heavy atom. The highest BCUT2D eigenvalue weighted by atomic mass is 19.4. The molecule has 30 heavy (non-hydrogen) atoms. The van der Waals surface area contributed by atoms with E-state index in [0.29, 0.717) is 17.8 Å². The van der Waals surface area contributed by atoms with Gasteiger partial charge in [-0.15, -0.1) is 0 Å². The first-order valence-electron chi connectivity index (χ1n) is 8.92. The van der Waals surface area contributed by atoms with Crippen LogP contribution in [0.1, 0.15) is 23.6 Å². The third-order valence-corrected chi connectivity index (χ3v) is 4.07. The first kappa shape index (κ1) is 24.0. The van der Waals surface area contributed by atoms with E-state index in [1.165, 1.54) is 6.92 Å². The van der Waals surface area contributed by atoms with Crippen LogP contribution in [0.25, 0.3) is 0 Å². The van der Waals surface area contributed by atoms with Crippen molar-refractivity contribution in [2.24, 2.45) is 0 Å². The van der Waals surface area contributed by atoms with Gasteiger partial charge in [0.05, 0.1) is 30.4 Å². The molecule has 0 saturated carbocycles. The molecule has 0 heterocycles. The minimum atomic E-state index is -4.96. The second-order valence-electron chi connectivity index (χ2n) is 6.77. The molecule has 10 heteroatoms. The number of aliphatic hydroxyl groups excluding tert-OH is 2. The van der Waals surface area contributed by atoms with Gasteiger partial charge >= 0.3 is 12.4 Å². The molecular formula is C20H21F6NO3. The van der Waals surface area contributed by atoms with E-state index in [1.54, 1.807) is 35.2 Å². The van der Waals surface area contributed by atoms with Gasteiger partial charge in [0.1, 0.15) is 0 Å². The number of hydrogen-bond donors (Lipinski definition) is 2. The molecule has 0 aliphatic rings. The number of benzene rings is 2. The first-order valence-corrected chi connectivity index (χ1v) is 8.92. The maximum absolute atomic E-state index is 12.9. The smallest absolute Gasteiger partial charge is 0.392 e. The Bertz CT molecular complexity index is 776. The van der Waals surface area contributed by atoms with Crippen molar-refractivity contribution in [2.75, 3.05) is 18.0 Å². The number of rotatable bonds is 8. The number of anilines is 1. The van der Waals surface area contributed by atoms with Gasteiger partial charge in [0.25, 0.3) is 0 Å². The average Bonchev–Trinajstić information content (AvgIpc) is 2.64. The van der Waals surface area contributed by atoms with Crippen molar-refractivity contribution in [3.05, 3.63) is 65.2 Å². The molecule has 1 unspecified atom stereocenters. The Balaban J connectivity index is 2.13. The van der Waals surface area contributed by atoms with Crippen LogP contribution in [0.5, 0.6) is 0 Å². The normalized spacial score (nSPS) is 14.4. The number of para-hydroxylation sites is 1. The summed E-state index contributed by atoms with van der Waals surface area (Å²) in [6, 6.07) is 9.80. The molecule has 0 spiro atoms. The fourth-order valence-electron chi connectivity index (χ4n) is 2.78. The van der Waals surface area contributed by atoms with Crippen molar-refractivity contribution >= 4 is 5.69 Å². The van der Waals surface area contributed by atoms with Gasteiger partial charge < -0.3 is 19.8 Å². The molecule has 2 N–H and O–H groups in total. The lowest BCUT2D eigenvalue weighted by molar-refractivity contribution is -0.143. The summed E-state index contributed by atoms with van der Waals surface area (Å²) < 4.78 is 82.7. The standard InChI is InChI=1S/C20H21F6NO3/c1-13(28)10-27(17-5-3-2-4-6-17)11-18(29)30-12-14-7-15(19(21,22)23)9-16(8-14)20(24,25)26/h2-9,13,18,28-29H,10-12H2,1H3/t13-,18?/m1/s1. The molecule has 0 aliphatic carbocycles. The van der Waals surface area contributed by atoms with Crippen molar-refractivity contribution in [3.8, 4) is 0 Å². The molecule has 4 nitrogen and oxygen atoms in total. The van der Waals surface area contributed by atoms with Gasteiger partial charge in [-0.1, -0.05) is 18.2 Å². The van der Waals surface area contributed by atoms with Crippen LogP contribution in [-0.2, 0) is 23.7 Å². The van der Waals surface area contributed by atoms with Crippen molar-refractivity contribution in [1.82, 2.24) is 0 Å². The van der Waals surface area contributed by atoms with Gasteiger partial charge in [-0.2, -0.15) is 26.3 Å². The molecule has 2 aromatic rings. The van der Waals surface area contributed by atoms with E-state index in [2.05, 4.69) is 0 Å². The van der Waals surface area contributed by atoms with Crippen LogP contribution in [-0.4, -0.2) is 35.7 Å². The van der Waals surface area contributed by atoms with E-state index in [0.717, 1.165) is 0 Å². The highest BCUT2D eigenvalue weighted by Crippen LogP contribution is 2.36. The monoisotopic (exact) mass is 437 g/mol. The largest absolute Gasteiger partial charge is 0.416 e. The van der Waals surface area contributed by atoms with Crippen molar-refractivity contribution < 1.29 is 41.3 Å². The molecule has 0 amide bonds. The maximum atomic E-state index is 12.9. The van der Waals surface area contributed by atoms with E-state index in [4.69, 9.17) is 4.74 Å².